The third-order valence-corrected chi connectivity index (χ3v) is 4.52. The molecule has 1 saturated heterocycles. The molecule has 2 aromatic rings. The summed E-state index contributed by atoms with van der Waals surface area (Å²) in [6.07, 6.45) is 3.23. The summed E-state index contributed by atoms with van der Waals surface area (Å²) in [6.45, 7) is 2.95. The van der Waals surface area contributed by atoms with Gasteiger partial charge >= 0.3 is 6.03 Å². The van der Waals surface area contributed by atoms with Crippen LogP contribution >= 0.6 is 11.8 Å². The van der Waals surface area contributed by atoms with Gasteiger partial charge in [0.2, 0.25) is 0 Å². The van der Waals surface area contributed by atoms with Crippen LogP contribution in [0, 0.1) is 0 Å². The fourth-order valence-corrected chi connectivity index (χ4v) is 3.22. The van der Waals surface area contributed by atoms with Crippen LogP contribution in [0.4, 0.5) is 4.79 Å². The first-order chi connectivity index (χ1) is 10.8. The van der Waals surface area contributed by atoms with Gasteiger partial charge in [-0.25, -0.2) is 14.5 Å². The summed E-state index contributed by atoms with van der Waals surface area (Å²) in [5.74, 6) is 2.06. The zero-order valence-electron chi connectivity index (χ0n) is 12.3. The van der Waals surface area contributed by atoms with Crippen LogP contribution in [0.3, 0.4) is 0 Å². The van der Waals surface area contributed by atoms with Gasteiger partial charge in [-0.05, 0) is 11.1 Å². The average molecular weight is 317 g/mol. The Labute approximate surface area is 133 Å². The summed E-state index contributed by atoms with van der Waals surface area (Å²) in [4.78, 5) is 17.8. The number of hydrogen-bond acceptors (Lipinski definition) is 4. The number of aromatic nitrogens is 3. The molecule has 2 amide bonds. The number of amides is 2. The van der Waals surface area contributed by atoms with Crippen molar-refractivity contribution in [1.82, 2.24) is 25.0 Å². The molecule has 1 N–H and O–H groups in total. The van der Waals surface area contributed by atoms with Gasteiger partial charge in [0.05, 0.1) is 6.54 Å². The van der Waals surface area contributed by atoms with Crippen molar-refractivity contribution < 1.29 is 4.79 Å². The lowest BCUT2D eigenvalue weighted by atomic mass is 10.1. The van der Waals surface area contributed by atoms with Gasteiger partial charge < -0.3 is 10.2 Å². The number of thioether (sulfide) groups is 1. The van der Waals surface area contributed by atoms with E-state index in [1.54, 1.807) is 11.0 Å². The number of carbonyl (C=O) groups is 1. The summed E-state index contributed by atoms with van der Waals surface area (Å²) >= 11 is 1.90. The maximum absolute atomic E-state index is 12.0. The Morgan fingerprint density at radius 1 is 1.18 bits per heavy atom. The summed E-state index contributed by atoms with van der Waals surface area (Å²) < 4.78 is 1.78. The lowest BCUT2D eigenvalue weighted by Gasteiger charge is -2.26. The number of benzene rings is 1. The van der Waals surface area contributed by atoms with E-state index in [9.17, 15) is 4.79 Å². The van der Waals surface area contributed by atoms with Crippen molar-refractivity contribution in [2.24, 2.45) is 0 Å². The Balaban J connectivity index is 1.49. The maximum atomic E-state index is 12.0. The molecule has 0 radical (unpaired) electrons. The second-order valence-electron chi connectivity index (χ2n) is 5.17. The number of hydrogen-bond donors (Lipinski definition) is 1. The highest BCUT2D eigenvalue weighted by molar-refractivity contribution is 7.99. The van der Waals surface area contributed by atoms with Crippen LogP contribution in [-0.4, -0.2) is 50.3 Å². The molecule has 1 fully saturated rings. The van der Waals surface area contributed by atoms with E-state index in [0.29, 0.717) is 13.1 Å². The van der Waals surface area contributed by atoms with Gasteiger partial charge in [-0.3, -0.25) is 0 Å². The summed E-state index contributed by atoms with van der Waals surface area (Å²) in [6, 6.07) is 8.23. The number of nitrogens with zero attached hydrogens (tertiary/aromatic N) is 4. The first-order valence-electron chi connectivity index (χ1n) is 7.32. The van der Waals surface area contributed by atoms with Crippen LogP contribution in [0.5, 0.6) is 0 Å². The molecule has 0 atom stereocenters. The van der Waals surface area contributed by atoms with E-state index >= 15 is 0 Å². The van der Waals surface area contributed by atoms with Crippen molar-refractivity contribution in [2.45, 2.75) is 13.1 Å². The molecule has 0 aliphatic carbocycles. The van der Waals surface area contributed by atoms with Gasteiger partial charge in [-0.2, -0.15) is 16.9 Å². The van der Waals surface area contributed by atoms with Gasteiger partial charge in [0, 0.05) is 31.1 Å². The molecule has 3 rings (SSSR count). The SMILES string of the molecule is O=C(NCc1ccc(Cn2cncn2)cc1)N1CCSCC1. The summed E-state index contributed by atoms with van der Waals surface area (Å²) in [5, 5.41) is 7.07. The van der Waals surface area contributed by atoms with E-state index in [-0.39, 0.29) is 6.03 Å². The van der Waals surface area contributed by atoms with Crippen LogP contribution < -0.4 is 5.32 Å². The highest BCUT2D eigenvalue weighted by atomic mass is 32.2. The third kappa shape index (κ3) is 4.00. The van der Waals surface area contributed by atoms with E-state index in [1.165, 1.54) is 6.33 Å². The van der Waals surface area contributed by atoms with Crippen molar-refractivity contribution in [2.75, 3.05) is 24.6 Å². The number of carbonyl (C=O) groups excluding carboxylic acids is 1. The zero-order chi connectivity index (χ0) is 15.2. The van der Waals surface area contributed by atoms with Crippen molar-refractivity contribution in [3.63, 3.8) is 0 Å². The van der Waals surface area contributed by atoms with Crippen molar-refractivity contribution in [3.05, 3.63) is 48.0 Å². The van der Waals surface area contributed by atoms with Crippen LogP contribution in [0.15, 0.2) is 36.9 Å². The van der Waals surface area contributed by atoms with E-state index < -0.39 is 0 Å². The predicted octanol–water partition coefficient (Wildman–Crippen LogP) is 1.58. The predicted molar refractivity (Wildman–Crippen MR) is 86.7 cm³/mol. The molecule has 7 heteroatoms. The molecule has 1 aromatic heterocycles. The minimum atomic E-state index is 0.0343. The fraction of sp³-hybridized carbons (Fsp3) is 0.400. The number of urea groups is 1. The Morgan fingerprint density at radius 2 is 1.91 bits per heavy atom. The molecule has 0 bridgehead atoms. The Hall–Kier alpha value is -2.02. The van der Waals surface area contributed by atoms with E-state index in [2.05, 4.69) is 27.5 Å². The van der Waals surface area contributed by atoms with E-state index in [0.717, 1.165) is 35.7 Å². The molecule has 6 nitrogen and oxygen atoms in total. The van der Waals surface area contributed by atoms with Crippen LogP contribution in [0.2, 0.25) is 0 Å². The number of rotatable bonds is 4. The minimum Gasteiger partial charge on any atom is -0.334 e. The quantitative estimate of drug-likeness (QED) is 0.930. The zero-order valence-corrected chi connectivity index (χ0v) is 13.1. The largest absolute Gasteiger partial charge is 0.334 e. The van der Waals surface area contributed by atoms with Crippen molar-refractivity contribution in [1.29, 1.82) is 0 Å². The minimum absolute atomic E-state index is 0.0343. The first kappa shape index (κ1) is 14.9. The fourth-order valence-electron chi connectivity index (χ4n) is 2.32. The molecule has 22 heavy (non-hydrogen) atoms. The molecule has 116 valence electrons. The third-order valence-electron chi connectivity index (χ3n) is 3.58. The average Bonchev–Trinajstić information content (AvgIpc) is 3.08. The smallest absolute Gasteiger partial charge is 0.317 e. The normalized spacial score (nSPS) is 14.8. The van der Waals surface area contributed by atoms with Crippen LogP contribution in [0.1, 0.15) is 11.1 Å². The molecule has 0 saturated carbocycles. The second kappa shape index (κ2) is 7.31. The standard InChI is InChI=1S/C15H19N5OS/c21-15(19-5-7-22-8-6-19)17-9-13-1-3-14(4-2-13)10-20-12-16-11-18-20/h1-4,11-12H,5-10H2,(H,17,21). The molecular weight excluding hydrogens is 298 g/mol. The van der Waals surface area contributed by atoms with Crippen molar-refractivity contribution in [3.8, 4) is 0 Å². The second-order valence-corrected chi connectivity index (χ2v) is 6.39. The molecule has 0 spiro atoms. The molecular formula is C15H19N5OS. The molecule has 0 unspecified atom stereocenters. The van der Waals surface area contributed by atoms with E-state index in [1.807, 2.05) is 28.8 Å². The number of nitrogens with one attached hydrogen (secondary N) is 1. The summed E-state index contributed by atoms with van der Waals surface area (Å²) in [5.41, 5.74) is 2.26. The van der Waals surface area contributed by atoms with E-state index in [4.69, 9.17) is 0 Å². The highest BCUT2D eigenvalue weighted by Crippen LogP contribution is 2.10. The first-order valence-corrected chi connectivity index (χ1v) is 8.47. The Kier molecular flexibility index (Phi) is 4.95. The molecule has 1 aliphatic heterocycles. The lowest BCUT2D eigenvalue weighted by molar-refractivity contribution is 0.202. The highest BCUT2D eigenvalue weighted by Gasteiger charge is 2.15. The Bertz CT molecular complexity index is 593. The Morgan fingerprint density at radius 3 is 2.59 bits per heavy atom. The van der Waals surface area contributed by atoms with Gasteiger partial charge in [0.15, 0.2) is 0 Å². The van der Waals surface area contributed by atoms with Crippen molar-refractivity contribution >= 4 is 17.8 Å². The topological polar surface area (TPSA) is 63.1 Å². The monoisotopic (exact) mass is 317 g/mol. The molecule has 2 heterocycles. The van der Waals surface area contributed by atoms with Crippen LogP contribution in [-0.2, 0) is 13.1 Å². The molecule has 1 aliphatic rings. The maximum Gasteiger partial charge on any atom is 0.317 e. The summed E-state index contributed by atoms with van der Waals surface area (Å²) in [7, 11) is 0. The van der Waals surface area contributed by atoms with Gasteiger partial charge in [-0.15, -0.1) is 0 Å². The molecule has 1 aromatic carbocycles. The lowest BCUT2D eigenvalue weighted by Crippen LogP contribution is -2.44. The van der Waals surface area contributed by atoms with Gasteiger partial charge in [-0.1, -0.05) is 24.3 Å². The van der Waals surface area contributed by atoms with Crippen LogP contribution in [0.25, 0.3) is 0 Å². The van der Waals surface area contributed by atoms with Gasteiger partial charge in [0.1, 0.15) is 12.7 Å². The van der Waals surface area contributed by atoms with Gasteiger partial charge in [0.25, 0.3) is 0 Å².